The summed E-state index contributed by atoms with van der Waals surface area (Å²) < 4.78 is 36.7. The van der Waals surface area contributed by atoms with Gasteiger partial charge >= 0.3 is 17.2 Å². The Morgan fingerprint density at radius 3 is 2.58 bits per heavy atom. The van der Waals surface area contributed by atoms with Crippen molar-refractivity contribution in [2.45, 2.75) is 36.6 Å². The third-order valence-corrected chi connectivity index (χ3v) is 6.77. The van der Waals surface area contributed by atoms with Crippen molar-refractivity contribution in [1.29, 1.82) is 5.26 Å². The maximum atomic E-state index is 15.1. The Bertz CT molecular complexity index is 1360. The van der Waals surface area contributed by atoms with Crippen LogP contribution in [0.3, 0.4) is 0 Å². The van der Waals surface area contributed by atoms with Crippen LogP contribution < -0.4 is 0 Å². The van der Waals surface area contributed by atoms with E-state index in [9.17, 15) is 19.6 Å². The third kappa shape index (κ3) is 6.09. The molecule has 1 atom stereocenters. The molecular formula is C24H20BrF2N3O5S. The van der Waals surface area contributed by atoms with Gasteiger partial charge in [-0.15, -0.1) is 0 Å². The summed E-state index contributed by atoms with van der Waals surface area (Å²) in [4.78, 5) is 39.6. The number of carboxylic acid groups (broad SMARTS) is 1. The molecule has 188 valence electrons. The highest BCUT2D eigenvalue weighted by atomic mass is 79.9. The van der Waals surface area contributed by atoms with Gasteiger partial charge in [-0.05, 0) is 53.2 Å². The first-order chi connectivity index (χ1) is 17.1. The van der Waals surface area contributed by atoms with Crippen molar-refractivity contribution in [3.05, 3.63) is 52.8 Å². The minimum absolute atomic E-state index is 0.0360. The molecule has 1 aromatic heterocycles. The molecule has 0 saturated heterocycles. The van der Waals surface area contributed by atoms with Gasteiger partial charge in [0.15, 0.2) is 5.16 Å². The van der Waals surface area contributed by atoms with Gasteiger partial charge in [-0.1, -0.05) is 24.3 Å². The first-order valence-electron chi connectivity index (χ1n) is 10.7. The number of halogens is 3. The second-order valence-electron chi connectivity index (χ2n) is 7.62. The van der Waals surface area contributed by atoms with Crippen molar-refractivity contribution in [2.24, 2.45) is 5.92 Å². The first kappa shape index (κ1) is 27.3. The summed E-state index contributed by atoms with van der Waals surface area (Å²) in [7, 11) is 0. The number of hydrogen-bond acceptors (Lipinski definition) is 7. The number of fused-ring (bicyclic) bond motifs is 1. The Morgan fingerprint density at radius 2 is 1.94 bits per heavy atom. The van der Waals surface area contributed by atoms with E-state index >= 15 is 8.78 Å². The van der Waals surface area contributed by atoms with E-state index in [2.05, 4.69) is 27.0 Å². The largest absolute Gasteiger partial charge is 0.481 e. The van der Waals surface area contributed by atoms with Gasteiger partial charge in [0.05, 0.1) is 36.0 Å². The van der Waals surface area contributed by atoms with Crippen LogP contribution in [0.1, 0.15) is 31.7 Å². The number of aliphatic carboxylic acids is 1. The van der Waals surface area contributed by atoms with Crippen molar-refractivity contribution in [3.8, 4) is 11.8 Å². The fraction of sp³-hybridized carbons (Fsp3) is 0.292. The van der Waals surface area contributed by atoms with Gasteiger partial charge in [-0.3, -0.25) is 19.0 Å². The highest BCUT2D eigenvalue weighted by Gasteiger charge is 2.43. The summed E-state index contributed by atoms with van der Waals surface area (Å²) in [6.45, 7) is 1.48. The SMILES string of the molecule is CCOC(=O)C(CCC(=O)O)CC(=O)C(F)(F)Sc1ncc(Br)n1-c1ccc(C#N)c2ccccc12. The summed E-state index contributed by atoms with van der Waals surface area (Å²) in [6.07, 6.45) is -0.353. The zero-order chi connectivity index (χ0) is 26.5. The zero-order valence-corrected chi connectivity index (χ0v) is 21.3. The van der Waals surface area contributed by atoms with Crippen molar-refractivity contribution in [3.63, 3.8) is 0 Å². The van der Waals surface area contributed by atoms with Gasteiger partial charge in [0.25, 0.3) is 0 Å². The molecule has 0 aliphatic carbocycles. The maximum absolute atomic E-state index is 15.1. The fourth-order valence-corrected chi connectivity index (χ4v) is 4.95. The van der Waals surface area contributed by atoms with E-state index in [1.165, 1.54) is 17.7 Å². The van der Waals surface area contributed by atoms with Crippen LogP contribution in [0.2, 0.25) is 0 Å². The van der Waals surface area contributed by atoms with Crippen LogP contribution in [0.15, 0.2) is 52.4 Å². The Kier molecular flexibility index (Phi) is 8.81. The monoisotopic (exact) mass is 579 g/mol. The molecule has 8 nitrogen and oxygen atoms in total. The lowest BCUT2D eigenvalue weighted by Crippen LogP contribution is -2.31. The number of carboxylic acids is 1. The summed E-state index contributed by atoms with van der Waals surface area (Å²) >= 11 is 3.22. The summed E-state index contributed by atoms with van der Waals surface area (Å²) in [5.74, 6) is -4.99. The first-order valence-corrected chi connectivity index (χ1v) is 12.3. The van der Waals surface area contributed by atoms with Gasteiger partial charge in [-0.2, -0.15) is 14.0 Å². The number of alkyl halides is 2. The Balaban J connectivity index is 1.92. The molecule has 1 heterocycles. The van der Waals surface area contributed by atoms with E-state index < -0.39 is 41.7 Å². The summed E-state index contributed by atoms with van der Waals surface area (Å²) in [5.41, 5.74) is 0.872. The smallest absolute Gasteiger partial charge is 0.358 e. The Labute approximate surface area is 217 Å². The molecule has 12 heteroatoms. The second kappa shape index (κ2) is 11.6. The number of ether oxygens (including phenoxy) is 1. The van der Waals surface area contributed by atoms with Gasteiger partial charge in [-0.25, -0.2) is 4.98 Å². The topological polar surface area (TPSA) is 122 Å². The molecule has 0 saturated carbocycles. The normalized spacial score (nSPS) is 12.2. The number of nitriles is 1. The summed E-state index contributed by atoms with van der Waals surface area (Å²) in [6, 6.07) is 12.2. The van der Waals surface area contributed by atoms with E-state index in [0.717, 1.165) is 0 Å². The molecular weight excluding hydrogens is 560 g/mol. The molecule has 3 aromatic rings. The molecule has 0 aliphatic heterocycles. The molecule has 0 aliphatic rings. The highest BCUT2D eigenvalue weighted by Crippen LogP contribution is 2.41. The minimum Gasteiger partial charge on any atom is -0.481 e. The molecule has 0 fully saturated rings. The predicted molar refractivity (Wildman–Crippen MR) is 131 cm³/mol. The molecule has 1 N–H and O–H groups in total. The van der Waals surface area contributed by atoms with Gasteiger partial charge in [0.2, 0.25) is 5.78 Å². The number of rotatable bonds is 11. The second-order valence-corrected chi connectivity index (χ2v) is 9.51. The van der Waals surface area contributed by atoms with E-state index in [-0.39, 0.29) is 29.9 Å². The quantitative estimate of drug-likeness (QED) is 0.238. The molecule has 0 amide bonds. The summed E-state index contributed by atoms with van der Waals surface area (Å²) in [5, 5.41) is 15.4. The fourth-order valence-electron chi connectivity index (χ4n) is 3.56. The third-order valence-electron chi connectivity index (χ3n) is 5.25. The zero-order valence-electron chi connectivity index (χ0n) is 18.9. The number of Topliss-reactive ketones (excluding diaryl/α,β-unsaturated/α-hetero) is 1. The number of esters is 1. The predicted octanol–water partition coefficient (Wildman–Crippen LogP) is 5.35. The lowest BCUT2D eigenvalue weighted by atomic mass is 9.97. The van der Waals surface area contributed by atoms with Crippen LogP contribution in [-0.2, 0) is 19.1 Å². The van der Waals surface area contributed by atoms with E-state index in [4.69, 9.17) is 9.84 Å². The Morgan fingerprint density at radius 1 is 1.25 bits per heavy atom. The number of imidazole rings is 1. The number of hydrogen-bond donors (Lipinski definition) is 1. The van der Waals surface area contributed by atoms with E-state index in [0.29, 0.717) is 26.6 Å². The number of carbonyl (C=O) groups excluding carboxylic acids is 2. The number of ketones is 1. The molecule has 0 radical (unpaired) electrons. The number of aromatic nitrogens is 2. The average Bonchev–Trinajstić information content (AvgIpc) is 3.19. The number of benzene rings is 2. The highest BCUT2D eigenvalue weighted by molar-refractivity contribution is 9.10. The van der Waals surface area contributed by atoms with Crippen molar-refractivity contribution in [2.75, 3.05) is 6.61 Å². The van der Waals surface area contributed by atoms with Crippen LogP contribution in [0.25, 0.3) is 16.5 Å². The molecule has 3 rings (SSSR count). The van der Waals surface area contributed by atoms with Crippen LogP contribution in [-0.4, -0.2) is 44.2 Å². The number of nitrogens with zero attached hydrogens (tertiary/aromatic N) is 3. The molecule has 1 unspecified atom stereocenters. The maximum Gasteiger partial charge on any atom is 0.358 e. The lowest BCUT2D eigenvalue weighted by Gasteiger charge is -2.19. The lowest BCUT2D eigenvalue weighted by molar-refractivity contribution is -0.152. The van der Waals surface area contributed by atoms with Gasteiger partial charge in [0, 0.05) is 23.6 Å². The van der Waals surface area contributed by atoms with Gasteiger partial charge < -0.3 is 9.84 Å². The standard InChI is InChI=1S/C24H20BrF2N3O5S/c1-2-35-22(34)14(8-10-21(32)33)11-19(31)24(26,27)36-23-29-13-20(25)30(23)18-9-7-15(12-28)16-5-3-4-6-17(16)18/h3-7,9,13-14H,2,8,10-11H2,1H3,(H,32,33). The van der Waals surface area contributed by atoms with Crippen LogP contribution >= 0.6 is 27.7 Å². The molecule has 0 spiro atoms. The minimum atomic E-state index is -3.97. The van der Waals surface area contributed by atoms with Crippen LogP contribution in [0.4, 0.5) is 8.78 Å². The molecule has 36 heavy (non-hydrogen) atoms. The average molecular weight is 580 g/mol. The van der Waals surface area contributed by atoms with Gasteiger partial charge in [0.1, 0.15) is 4.60 Å². The molecule has 2 aromatic carbocycles. The Hall–Kier alpha value is -3.30. The van der Waals surface area contributed by atoms with Crippen molar-refractivity contribution >= 4 is 56.2 Å². The van der Waals surface area contributed by atoms with Crippen LogP contribution in [0.5, 0.6) is 0 Å². The number of carbonyl (C=O) groups is 3. The van der Waals surface area contributed by atoms with Crippen molar-refractivity contribution in [1.82, 2.24) is 9.55 Å². The van der Waals surface area contributed by atoms with Crippen LogP contribution in [0, 0.1) is 17.2 Å². The van der Waals surface area contributed by atoms with E-state index in [1.807, 2.05) is 0 Å². The molecule has 0 bridgehead atoms. The van der Waals surface area contributed by atoms with Crippen molar-refractivity contribution < 1.29 is 33.0 Å². The number of thioether (sulfide) groups is 1. The van der Waals surface area contributed by atoms with E-state index in [1.54, 1.807) is 36.4 Å².